The molecule has 1 atom stereocenters. The quantitative estimate of drug-likeness (QED) is 0.808. The summed E-state index contributed by atoms with van der Waals surface area (Å²) in [5, 5.41) is 11.0. The van der Waals surface area contributed by atoms with Gasteiger partial charge in [-0.25, -0.2) is 9.97 Å². The normalized spacial score (nSPS) is 21.3. The van der Waals surface area contributed by atoms with Crippen LogP contribution in [0.5, 0.6) is 0 Å². The zero-order valence-electron chi connectivity index (χ0n) is 15.5. The highest BCUT2D eigenvalue weighted by Gasteiger charge is 2.44. The van der Waals surface area contributed by atoms with Gasteiger partial charge in [-0.2, -0.15) is 0 Å². The van der Waals surface area contributed by atoms with Gasteiger partial charge in [0.05, 0.1) is 0 Å². The number of nitrogens with zero attached hydrogens (tertiary/aromatic N) is 4. The summed E-state index contributed by atoms with van der Waals surface area (Å²) in [5.41, 5.74) is 1.65. The third kappa shape index (κ3) is 3.76. The summed E-state index contributed by atoms with van der Waals surface area (Å²) < 4.78 is 0. The van der Waals surface area contributed by atoms with E-state index in [4.69, 9.17) is 5.11 Å². The summed E-state index contributed by atoms with van der Waals surface area (Å²) in [5.74, 6) is -1.07. The lowest BCUT2D eigenvalue weighted by molar-refractivity contribution is -0.135. The average molecular weight is 381 g/mol. The molecule has 0 radical (unpaired) electrons. The van der Waals surface area contributed by atoms with E-state index in [2.05, 4.69) is 49.4 Å². The number of amides is 1. The van der Waals surface area contributed by atoms with Crippen LogP contribution in [0.1, 0.15) is 23.3 Å². The average Bonchev–Trinajstić information content (AvgIpc) is 3.34. The van der Waals surface area contributed by atoms with Crippen molar-refractivity contribution in [2.45, 2.75) is 12.8 Å². The number of carboxylic acid groups (broad SMARTS) is 1. The second-order valence-corrected chi connectivity index (χ2v) is 7.50. The van der Waals surface area contributed by atoms with E-state index < -0.39 is 18.4 Å². The molecule has 28 heavy (non-hydrogen) atoms. The van der Waals surface area contributed by atoms with E-state index in [1.54, 1.807) is 6.20 Å². The number of rotatable bonds is 5. The van der Waals surface area contributed by atoms with Crippen LogP contribution in [-0.4, -0.2) is 59.7 Å². The van der Waals surface area contributed by atoms with E-state index in [9.17, 15) is 9.59 Å². The number of carbonyl (C=O) groups excluding carboxylic acids is 1. The molecule has 8 heteroatoms. The lowest BCUT2D eigenvalue weighted by Crippen LogP contribution is -2.32. The van der Waals surface area contributed by atoms with Crippen LogP contribution in [0, 0.1) is 5.41 Å². The Labute approximate surface area is 163 Å². The van der Waals surface area contributed by atoms with E-state index >= 15 is 0 Å². The van der Waals surface area contributed by atoms with Gasteiger partial charge in [0.15, 0.2) is 0 Å². The second kappa shape index (κ2) is 7.46. The van der Waals surface area contributed by atoms with E-state index in [1.807, 2.05) is 6.07 Å². The molecule has 0 bridgehead atoms. The Morgan fingerprint density at radius 1 is 1.07 bits per heavy atom. The Bertz CT molecular complexity index is 875. The lowest BCUT2D eigenvalue weighted by Gasteiger charge is -2.25. The smallest absolute Gasteiger partial charge is 0.322 e. The molecule has 0 saturated carbocycles. The summed E-state index contributed by atoms with van der Waals surface area (Å²) >= 11 is 0. The van der Waals surface area contributed by atoms with Crippen LogP contribution in [-0.2, 0) is 4.79 Å². The van der Waals surface area contributed by atoms with E-state index in [-0.39, 0.29) is 11.1 Å². The molecule has 1 spiro atoms. The van der Waals surface area contributed by atoms with Crippen LogP contribution >= 0.6 is 0 Å². The topological polar surface area (TPSA) is 98.7 Å². The Kier molecular flexibility index (Phi) is 4.85. The van der Waals surface area contributed by atoms with Crippen LogP contribution < -0.4 is 15.1 Å². The van der Waals surface area contributed by atoms with Gasteiger partial charge >= 0.3 is 5.97 Å². The summed E-state index contributed by atoms with van der Waals surface area (Å²) in [6, 6.07) is 12.0. The number of hydrogen-bond acceptors (Lipinski definition) is 6. The first-order chi connectivity index (χ1) is 13.5. The maximum absolute atomic E-state index is 12.1. The molecule has 2 saturated heterocycles. The van der Waals surface area contributed by atoms with Gasteiger partial charge in [-0.15, -0.1) is 0 Å². The largest absolute Gasteiger partial charge is 0.480 e. The highest BCUT2D eigenvalue weighted by atomic mass is 16.4. The molecule has 2 N–H and O–H groups in total. The van der Waals surface area contributed by atoms with Gasteiger partial charge in [0.25, 0.3) is 5.91 Å². The van der Waals surface area contributed by atoms with Gasteiger partial charge < -0.3 is 20.2 Å². The zero-order valence-corrected chi connectivity index (χ0v) is 15.5. The van der Waals surface area contributed by atoms with Crippen molar-refractivity contribution >= 4 is 23.5 Å². The van der Waals surface area contributed by atoms with Crippen molar-refractivity contribution in [3.63, 3.8) is 0 Å². The zero-order chi connectivity index (χ0) is 19.6. The molecule has 1 aromatic carbocycles. The minimum Gasteiger partial charge on any atom is -0.480 e. The first-order valence-corrected chi connectivity index (χ1v) is 9.43. The molecule has 2 aliphatic rings. The van der Waals surface area contributed by atoms with Crippen LogP contribution in [0.3, 0.4) is 0 Å². The van der Waals surface area contributed by atoms with Crippen molar-refractivity contribution in [3.8, 4) is 0 Å². The predicted molar refractivity (Wildman–Crippen MR) is 105 cm³/mol. The monoisotopic (exact) mass is 381 g/mol. The van der Waals surface area contributed by atoms with Crippen molar-refractivity contribution in [1.82, 2.24) is 15.3 Å². The number of carboxylic acids is 1. The summed E-state index contributed by atoms with van der Waals surface area (Å²) in [6.07, 6.45) is 3.74. The van der Waals surface area contributed by atoms with Crippen LogP contribution in [0.25, 0.3) is 0 Å². The minimum atomic E-state index is -1.09. The Hall–Kier alpha value is -3.16. The van der Waals surface area contributed by atoms with Crippen molar-refractivity contribution in [3.05, 3.63) is 48.3 Å². The fraction of sp³-hybridized carbons (Fsp3) is 0.400. The van der Waals surface area contributed by atoms with Gasteiger partial charge in [-0.3, -0.25) is 9.59 Å². The first-order valence-electron chi connectivity index (χ1n) is 9.43. The van der Waals surface area contributed by atoms with Crippen molar-refractivity contribution in [2.24, 2.45) is 5.41 Å². The van der Waals surface area contributed by atoms with E-state index in [0.29, 0.717) is 5.95 Å². The highest BCUT2D eigenvalue weighted by Crippen LogP contribution is 2.41. The number of anilines is 2. The van der Waals surface area contributed by atoms with Gasteiger partial charge in [0.1, 0.15) is 12.2 Å². The van der Waals surface area contributed by atoms with Crippen LogP contribution in [0.15, 0.2) is 42.6 Å². The first kappa shape index (κ1) is 18.2. The van der Waals surface area contributed by atoms with Gasteiger partial charge in [0, 0.05) is 43.5 Å². The number of aromatic nitrogens is 2. The Morgan fingerprint density at radius 3 is 2.54 bits per heavy atom. The number of para-hydroxylation sites is 1. The third-order valence-corrected chi connectivity index (χ3v) is 5.56. The fourth-order valence-electron chi connectivity index (χ4n) is 4.11. The molecule has 8 nitrogen and oxygen atoms in total. The van der Waals surface area contributed by atoms with Crippen molar-refractivity contribution in [2.75, 3.05) is 42.5 Å². The maximum Gasteiger partial charge on any atom is 0.322 e. The van der Waals surface area contributed by atoms with Gasteiger partial charge in [-0.05, 0) is 31.0 Å². The summed E-state index contributed by atoms with van der Waals surface area (Å²) in [4.78, 5) is 36.0. The predicted octanol–water partition coefficient (Wildman–Crippen LogP) is 1.40. The molecule has 2 aromatic rings. The van der Waals surface area contributed by atoms with Gasteiger partial charge in [0.2, 0.25) is 5.95 Å². The Balaban J connectivity index is 1.43. The molecule has 1 aromatic heterocycles. The molecule has 146 valence electrons. The molecular formula is C20H23N5O3. The number of benzene rings is 1. The number of carbonyl (C=O) groups is 2. The van der Waals surface area contributed by atoms with E-state index in [1.165, 1.54) is 11.8 Å². The fourth-order valence-corrected chi connectivity index (χ4v) is 4.11. The minimum absolute atomic E-state index is 0.185. The number of hydrogen-bond donors (Lipinski definition) is 2. The molecule has 2 fully saturated rings. The van der Waals surface area contributed by atoms with Crippen LogP contribution in [0.2, 0.25) is 0 Å². The SMILES string of the molecule is O=C(O)CNC(=O)c1ccnc(N2CCC3(CCN(c4ccccc4)C3)C2)n1. The Morgan fingerprint density at radius 2 is 1.79 bits per heavy atom. The highest BCUT2D eigenvalue weighted by molar-refractivity contribution is 5.94. The lowest BCUT2D eigenvalue weighted by atomic mass is 9.86. The molecule has 1 amide bonds. The number of aliphatic carboxylic acids is 1. The molecule has 3 heterocycles. The van der Waals surface area contributed by atoms with Crippen molar-refractivity contribution < 1.29 is 14.7 Å². The third-order valence-electron chi connectivity index (χ3n) is 5.56. The summed E-state index contributed by atoms with van der Waals surface area (Å²) in [7, 11) is 0. The maximum atomic E-state index is 12.1. The second-order valence-electron chi connectivity index (χ2n) is 7.50. The number of nitrogens with one attached hydrogen (secondary N) is 1. The molecule has 0 aliphatic carbocycles. The van der Waals surface area contributed by atoms with Crippen LogP contribution in [0.4, 0.5) is 11.6 Å². The van der Waals surface area contributed by atoms with E-state index in [0.717, 1.165) is 39.0 Å². The summed E-state index contributed by atoms with van der Waals surface area (Å²) in [6.45, 7) is 3.32. The molecule has 1 unspecified atom stereocenters. The molecule has 2 aliphatic heterocycles. The standard InChI is InChI=1S/C20H23N5O3/c26-17(27)12-22-18(28)16-6-9-21-19(23-16)25-11-8-20(14-25)7-10-24(13-20)15-4-2-1-3-5-15/h1-6,9H,7-8,10-14H2,(H,22,28)(H,26,27). The van der Waals surface area contributed by atoms with Crippen molar-refractivity contribution in [1.29, 1.82) is 0 Å². The molecule has 4 rings (SSSR count). The molecular weight excluding hydrogens is 358 g/mol. The van der Waals surface area contributed by atoms with Gasteiger partial charge in [-0.1, -0.05) is 18.2 Å².